The first kappa shape index (κ1) is 12.6. The van der Waals surface area contributed by atoms with Gasteiger partial charge >= 0.3 is 0 Å². The molecule has 0 aliphatic heterocycles. The molecule has 18 heavy (non-hydrogen) atoms. The number of aromatic hydroxyl groups is 1. The first-order valence-electron chi connectivity index (χ1n) is 6.05. The number of hydrogen-bond donors (Lipinski definition) is 2. The van der Waals surface area contributed by atoms with E-state index in [1.54, 1.807) is 30.7 Å². The van der Waals surface area contributed by atoms with Crippen LogP contribution < -0.4 is 0 Å². The number of rotatable bonds is 4. The zero-order chi connectivity index (χ0) is 13.1. The fraction of sp³-hybridized carbons (Fsp3) is 0.357. The smallest absolute Gasteiger partial charge is 0.115 e. The number of benzene rings is 1. The van der Waals surface area contributed by atoms with E-state index in [-0.39, 0.29) is 11.8 Å². The average Bonchev–Trinajstić information content (AvgIpc) is 2.77. The maximum atomic E-state index is 10.2. The van der Waals surface area contributed by atoms with E-state index in [0.717, 1.165) is 11.3 Å². The summed E-state index contributed by atoms with van der Waals surface area (Å²) in [5.41, 5.74) is 1.70. The van der Waals surface area contributed by atoms with Gasteiger partial charge in [-0.15, -0.1) is 0 Å². The van der Waals surface area contributed by atoms with E-state index in [0.29, 0.717) is 6.42 Å². The minimum Gasteiger partial charge on any atom is -0.508 e. The Morgan fingerprint density at radius 3 is 2.78 bits per heavy atom. The highest BCUT2D eigenvalue weighted by Crippen LogP contribution is 2.22. The molecule has 4 heteroatoms. The average molecular weight is 246 g/mol. The number of phenolic OH excluding ortho intramolecular Hbond substituents is 1. The van der Waals surface area contributed by atoms with Crippen molar-refractivity contribution >= 4 is 0 Å². The molecule has 4 nitrogen and oxygen atoms in total. The summed E-state index contributed by atoms with van der Waals surface area (Å²) in [5.74, 6) is 0.220. The van der Waals surface area contributed by atoms with Crippen LogP contribution >= 0.6 is 0 Å². The molecule has 0 bridgehead atoms. The van der Waals surface area contributed by atoms with Crippen LogP contribution in [0.25, 0.3) is 0 Å². The fourth-order valence-corrected chi connectivity index (χ4v) is 2.02. The highest BCUT2D eigenvalue weighted by molar-refractivity contribution is 5.28. The highest BCUT2D eigenvalue weighted by Gasteiger charge is 2.15. The Hall–Kier alpha value is -1.81. The SMILES string of the molecule is CC(C)n1cncc1C(O)Cc1cccc(O)c1. The van der Waals surface area contributed by atoms with Crippen LogP contribution in [0.4, 0.5) is 0 Å². The van der Waals surface area contributed by atoms with Crippen LogP contribution in [0.15, 0.2) is 36.8 Å². The molecule has 2 N–H and O–H groups in total. The number of aliphatic hydroxyl groups excluding tert-OH is 1. The molecule has 2 rings (SSSR count). The summed E-state index contributed by atoms with van der Waals surface area (Å²) in [6, 6.07) is 7.21. The maximum Gasteiger partial charge on any atom is 0.115 e. The molecule has 0 aliphatic rings. The summed E-state index contributed by atoms with van der Waals surface area (Å²) in [5, 5.41) is 19.6. The van der Waals surface area contributed by atoms with E-state index in [2.05, 4.69) is 4.98 Å². The van der Waals surface area contributed by atoms with Crippen molar-refractivity contribution in [3.8, 4) is 5.75 Å². The van der Waals surface area contributed by atoms with Crippen LogP contribution in [0.3, 0.4) is 0 Å². The van der Waals surface area contributed by atoms with Gasteiger partial charge < -0.3 is 14.8 Å². The van der Waals surface area contributed by atoms with Crippen LogP contribution in [-0.2, 0) is 6.42 Å². The van der Waals surface area contributed by atoms with Crippen LogP contribution in [-0.4, -0.2) is 19.8 Å². The zero-order valence-corrected chi connectivity index (χ0v) is 10.6. The summed E-state index contributed by atoms with van der Waals surface area (Å²) >= 11 is 0. The first-order valence-corrected chi connectivity index (χ1v) is 6.05. The van der Waals surface area contributed by atoms with Crippen LogP contribution in [0, 0.1) is 0 Å². The third-order valence-corrected chi connectivity index (χ3v) is 2.93. The molecule has 1 aromatic heterocycles. The third kappa shape index (κ3) is 2.71. The van der Waals surface area contributed by atoms with Gasteiger partial charge in [0.2, 0.25) is 0 Å². The van der Waals surface area contributed by atoms with E-state index in [4.69, 9.17) is 0 Å². The summed E-state index contributed by atoms with van der Waals surface area (Å²) in [6.07, 6.45) is 3.27. The predicted molar refractivity (Wildman–Crippen MR) is 69.4 cm³/mol. The minimum atomic E-state index is -0.614. The van der Waals surface area contributed by atoms with Crippen molar-refractivity contribution in [3.63, 3.8) is 0 Å². The summed E-state index contributed by atoms with van der Waals surface area (Å²) < 4.78 is 1.95. The summed E-state index contributed by atoms with van der Waals surface area (Å²) in [6.45, 7) is 4.10. The topological polar surface area (TPSA) is 58.3 Å². The van der Waals surface area contributed by atoms with Gasteiger partial charge in [0, 0.05) is 12.5 Å². The molecule has 1 heterocycles. The Labute approximate surface area is 107 Å². The Kier molecular flexibility index (Phi) is 3.67. The van der Waals surface area contributed by atoms with E-state index in [1.807, 2.05) is 24.5 Å². The van der Waals surface area contributed by atoms with Gasteiger partial charge in [-0.3, -0.25) is 0 Å². The normalized spacial score (nSPS) is 12.9. The maximum absolute atomic E-state index is 10.2. The van der Waals surface area contributed by atoms with Gasteiger partial charge in [0.25, 0.3) is 0 Å². The quantitative estimate of drug-likeness (QED) is 0.871. The second-order valence-electron chi connectivity index (χ2n) is 4.71. The molecule has 96 valence electrons. The van der Waals surface area contributed by atoms with Gasteiger partial charge in [0.15, 0.2) is 0 Å². The fourth-order valence-electron chi connectivity index (χ4n) is 2.02. The van der Waals surface area contributed by atoms with Crippen molar-refractivity contribution < 1.29 is 10.2 Å². The van der Waals surface area contributed by atoms with E-state index in [9.17, 15) is 10.2 Å². The lowest BCUT2D eigenvalue weighted by Gasteiger charge is -2.16. The molecule has 0 spiro atoms. The number of hydrogen-bond acceptors (Lipinski definition) is 3. The third-order valence-electron chi connectivity index (χ3n) is 2.93. The predicted octanol–water partition coefficient (Wildman–Crippen LogP) is 2.45. The molecule has 0 fully saturated rings. The lowest BCUT2D eigenvalue weighted by Crippen LogP contribution is -2.10. The molecule has 0 radical (unpaired) electrons. The number of nitrogens with zero attached hydrogens (tertiary/aromatic N) is 2. The van der Waals surface area contributed by atoms with Crippen molar-refractivity contribution in [2.24, 2.45) is 0 Å². The van der Waals surface area contributed by atoms with Crippen molar-refractivity contribution in [1.82, 2.24) is 9.55 Å². The lowest BCUT2D eigenvalue weighted by atomic mass is 10.1. The van der Waals surface area contributed by atoms with Gasteiger partial charge in [-0.2, -0.15) is 0 Å². The van der Waals surface area contributed by atoms with Crippen LogP contribution in [0.5, 0.6) is 5.75 Å². The van der Waals surface area contributed by atoms with Crippen molar-refractivity contribution in [2.45, 2.75) is 32.4 Å². The number of phenols is 1. The zero-order valence-electron chi connectivity index (χ0n) is 10.6. The molecule has 1 aromatic carbocycles. The van der Waals surface area contributed by atoms with Gasteiger partial charge in [-0.05, 0) is 31.5 Å². The first-order chi connectivity index (χ1) is 8.58. The largest absolute Gasteiger partial charge is 0.508 e. The Bertz CT molecular complexity index is 520. The molecule has 0 saturated heterocycles. The highest BCUT2D eigenvalue weighted by atomic mass is 16.3. The van der Waals surface area contributed by atoms with Gasteiger partial charge in [-0.25, -0.2) is 4.98 Å². The minimum absolute atomic E-state index is 0.220. The molecule has 2 aromatic rings. The lowest BCUT2D eigenvalue weighted by molar-refractivity contribution is 0.167. The van der Waals surface area contributed by atoms with Gasteiger partial charge in [0.05, 0.1) is 24.3 Å². The van der Waals surface area contributed by atoms with E-state index < -0.39 is 6.10 Å². The number of aliphatic hydroxyl groups is 1. The van der Waals surface area contributed by atoms with Crippen LogP contribution in [0.2, 0.25) is 0 Å². The monoisotopic (exact) mass is 246 g/mol. The van der Waals surface area contributed by atoms with Gasteiger partial charge in [-0.1, -0.05) is 12.1 Å². The summed E-state index contributed by atoms with van der Waals surface area (Å²) in [4.78, 5) is 4.08. The molecule has 0 saturated carbocycles. The molecule has 0 aliphatic carbocycles. The van der Waals surface area contributed by atoms with Crippen molar-refractivity contribution in [1.29, 1.82) is 0 Å². The molecular weight excluding hydrogens is 228 g/mol. The van der Waals surface area contributed by atoms with Gasteiger partial charge in [0.1, 0.15) is 5.75 Å². The Balaban J connectivity index is 2.17. The number of aromatic nitrogens is 2. The second-order valence-corrected chi connectivity index (χ2v) is 4.71. The Morgan fingerprint density at radius 1 is 1.33 bits per heavy atom. The number of imidazole rings is 1. The molecule has 1 unspecified atom stereocenters. The standard InChI is InChI=1S/C14H18N2O2/c1-10(2)16-9-15-8-13(16)14(18)7-11-4-3-5-12(17)6-11/h3-6,8-10,14,17-18H,7H2,1-2H3. The van der Waals surface area contributed by atoms with Crippen molar-refractivity contribution in [3.05, 3.63) is 48.0 Å². The molecule has 1 atom stereocenters. The molecule has 0 amide bonds. The van der Waals surface area contributed by atoms with Crippen LogP contribution in [0.1, 0.15) is 37.3 Å². The molecular formula is C14H18N2O2. The second kappa shape index (κ2) is 5.23. The summed E-state index contributed by atoms with van der Waals surface area (Å²) in [7, 11) is 0. The van der Waals surface area contributed by atoms with E-state index in [1.165, 1.54) is 0 Å². The Morgan fingerprint density at radius 2 is 2.11 bits per heavy atom. The van der Waals surface area contributed by atoms with E-state index >= 15 is 0 Å². The van der Waals surface area contributed by atoms with Crippen molar-refractivity contribution in [2.75, 3.05) is 0 Å².